The number of nitrogens with one attached hydrogen (secondary N) is 1. The lowest BCUT2D eigenvalue weighted by Gasteiger charge is -2.34. The number of hydrogen-bond acceptors (Lipinski definition) is 4. The summed E-state index contributed by atoms with van der Waals surface area (Å²) in [6.07, 6.45) is 1.54. The highest BCUT2D eigenvalue weighted by atomic mass is 35.7. The van der Waals surface area contributed by atoms with Crippen LogP contribution in [0.3, 0.4) is 0 Å². The van der Waals surface area contributed by atoms with Gasteiger partial charge >= 0.3 is 0 Å². The Balaban J connectivity index is 2.25. The Morgan fingerprint density at radius 3 is 2.71 bits per heavy atom. The molecule has 1 aromatic rings. The zero-order chi connectivity index (χ0) is 15.7. The molecule has 0 spiro atoms. The summed E-state index contributed by atoms with van der Waals surface area (Å²) in [4.78, 5) is 11.7. The highest BCUT2D eigenvalue weighted by Crippen LogP contribution is 2.21. The van der Waals surface area contributed by atoms with Gasteiger partial charge in [-0.2, -0.15) is 0 Å². The molecule has 1 aromatic carbocycles. The average molecular weight is 336 g/mol. The molecular weight excluding hydrogens is 321 g/mol. The Labute approximate surface area is 126 Å². The minimum Gasteiger partial charge on any atom is -0.379 e. The van der Waals surface area contributed by atoms with Crippen molar-refractivity contribution in [3.05, 3.63) is 29.6 Å². The van der Waals surface area contributed by atoms with Gasteiger partial charge in [-0.3, -0.25) is 4.79 Å². The number of carbonyl (C=O) groups is 1. The van der Waals surface area contributed by atoms with Crippen molar-refractivity contribution in [1.29, 1.82) is 0 Å². The van der Waals surface area contributed by atoms with E-state index in [0.717, 1.165) is 31.0 Å². The molecule has 116 valence electrons. The van der Waals surface area contributed by atoms with E-state index in [9.17, 15) is 17.6 Å². The van der Waals surface area contributed by atoms with Crippen LogP contribution >= 0.6 is 10.7 Å². The SMILES string of the molecule is CC1(NC(=O)c2cc(F)cc(S(=O)(=O)Cl)c2)CCCOC1. The van der Waals surface area contributed by atoms with Gasteiger partial charge in [-0.15, -0.1) is 0 Å². The molecule has 1 amide bonds. The number of amides is 1. The summed E-state index contributed by atoms with van der Waals surface area (Å²) in [5.41, 5.74) is -0.650. The highest BCUT2D eigenvalue weighted by Gasteiger charge is 2.30. The second kappa shape index (κ2) is 5.90. The Kier molecular flexibility index (Phi) is 4.55. The predicted molar refractivity (Wildman–Crippen MR) is 75.4 cm³/mol. The lowest BCUT2D eigenvalue weighted by Crippen LogP contribution is -2.51. The second-order valence-corrected chi connectivity index (χ2v) is 7.85. The van der Waals surface area contributed by atoms with Gasteiger partial charge in [-0.1, -0.05) is 0 Å². The van der Waals surface area contributed by atoms with Crippen LogP contribution in [0.25, 0.3) is 0 Å². The molecule has 5 nitrogen and oxygen atoms in total. The molecule has 21 heavy (non-hydrogen) atoms. The summed E-state index contributed by atoms with van der Waals surface area (Å²) in [6.45, 7) is 2.82. The Bertz CT molecular complexity index is 656. The molecule has 1 atom stereocenters. The molecule has 1 heterocycles. The number of hydrogen-bond donors (Lipinski definition) is 1. The number of ether oxygens (including phenoxy) is 1. The van der Waals surface area contributed by atoms with Gasteiger partial charge in [0.15, 0.2) is 0 Å². The predicted octanol–water partition coefficient (Wildman–Crippen LogP) is 2.05. The van der Waals surface area contributed by atoms with Crippen molar-refractivity contribution in [3.8, 4) is 0 Å². The molecule has 0 aliphatic carbocycles. The maximum Gasteiger partial charge on any atom is 0.261 e. The molecule has 1 N–H and O–H groups in total. The topological polar surface area (TPSA) is 72.5 Å². The zero-order valence-electron chi connectivity index (χ0n) is 11.4. The molecule has 1 aliphatic heterocycles. The fourth-order valence-corrected chi connectivity index (χ4v) is 3.00. The minimum atomic E-state index is -4.10. The van der Waals surface area contributed by atoms with Crippen LogP contribution < -0.4 is 5.32 Å². The largest absolute Gasteiger partial charge is 0.379 e. The molecule has 0 aromatic heterocycles. The van der Waals surface area contributed by atoms with Crippen molar-refractivity contribution < 1.29 is 22.3 Å². The van der Waals surface area contributed by atoms with E-state index in [1.807, 2.05) is 6.92 Å². The fourth-order valence-electron chi connectivity index (χ4n) is 2.21. The maximum absolute atomic E-state index is 13.5. The first-order valence-electron chi connectivity index (χ1n) is 6.35. The summed E-state index contributed by atoms with van der Waals surface area (Å²) < 4.78 is 41.3. The van der Waals surface area contributed by atoms with E-state index >= 15 is 0 Å². The molecular formula is C13H15ClFNO4S. The lowest BCUT2D eigenvalue weighted by molar-refractivity contribution is 0.0272. The van der Waals surface area contributed by atoms with Crippen molar-refractivity contribution in [3.63, 3.8) is 0 Å². The molecule has 1 saturated heterocycles. The van der Waals surface area contributed by atoms with E-state index < -0.39 is 31.2 Å². The van der Waals surface area contributed by atoms with Crippen LogP contribution in [0.4, 0.5) is 4.39 Å². The lowest BCUT2D eigenvalue weighted by atomic mass is 9.94. The van der Waals surface area contributed by atoms with Crippen LogP contribution in [0.1, 0.15) is 30.1 Å². The van der Waals surface area contributed by atoms with Gasteiger partial charge < -0.3 is 10.1 Å². The van der Waals surface area contributed by atoms with Gasteiger partial charge in [-0.05, 0) is 38.0 Å². The van der Waals surface area contributed by atoms with Gasteiger partial charge in [0.05, 0.1) is 17.0 Å². The van der Waals surface area contributed by atoms with Crippen molar-refractivity contribution in [1.82, 2.24) is 5.32 Å². The molecule has 1 fully saturated rings. The monoisotopic (exact) mass is 335 g/mol. The number of halogens is 2. The molecule has 2 rings (SSSR count). The fraction of sp³-hybridized carbons (Fsp3) is 0.462. The third kappa shape index (κ3) is 4.15. The number of rotatable bonds is 3. The minimum absolute atomic E-state index is 0.0963. The van der Waals surface area contributed by atoms with Crippen LogP contribution in [0.2, 0.25) is 0 Å². The Morgan fingerprint density at radius 2 is 2.14 bits per heavy atom. The van der Waals surface area contributed by atoms with E-state index in [1.165, 1.54) is 0 Å². The van der Waals surface area contributed by atoms with Crippen LogP contribution in [0, 0.1) is 5.82 Å². The first-order chi connectivity index (χ1) is 9.70. The van der Waals surface area contributed by atoms with Crippen molar-refractivity contribution >= 4 is 25.6 Å². The van der Waals surface area contributed by atoms with Gasteiger partial charge in [0.1, 0.15) is 5.82 Å². The average Bonchev–Trinajstić information content (AvgIpc) is 2.37. The first kappa shape index (κ1) is 16.2. The maximum atomic E-state index is 13.5. The van der Waals surface area contributed by atoms with Crippen LogP contribution in [0.15, 0.2) is 23.1 Å². The Morgan fingerprint density at radius 1 is 1.43 bits per heavy atom. The van der Waals surface area contributed by atoms with Crippen LogP contribution in [-0.2, 0) is 13.8 Å². The molecule has 1 unspecified atom stereocenters. The summed E-state index contributed by atoms with van der Waals surface area (Å²) in [5, 5.41) is 2.75. The normalized spacial score (nSPS) is 22.8. The molecule has 1 aliphatic rings. The number of carbonyl (C=O) groups excluding carboxylic acids is 1. The van der Waals surface area contributed by atoms with E-state index in [2.05, 4.69) is 5.32 Å². The standard InChI is InChI=1S/C13H15ClFNO4S/c1-13(3-2-4-20-8-13)16-12(17)9-5-10(15)7-11(6-9)21(14,18)19/h5-7H,2-4,8H2,1H3,(H,16,17). The summed E-state index contributed by atoms with van der Waals surface area (Å²) in [5.74, 6) is -1.41. The van der Waals surface area contributed by atoms with Gasteiger partial charge in [-0.25, -0.2) is 12.8 Å². The molecule has 8 heteroatoms. The van der Waals surface area contributed by atoms with Gasteiger partial charge in [0, 0.05) is 22.9 Å². The van der Waals surface area contributed by atoms with Gasteiger partial charge in [0.25, 0.3) is 15.0 Å². The second-order valence-electron chi connectivity index (χ2n) is 5.28. The first-order valence-corrected chi connectivity index (χ1v) is 8.66. The smallest absolute Gasteiger partial charge is 0.261 e. The van der Waals surface area contributed by atoms with E-state index in [-0.39, 0.29) is 5.56 Å². The van der Waals surface area contributed by atoms with E-state index in [0.29, 0.717) is 13.2 Å². The molecule has 0 bridgehead atoms. The third-order valence-corrected chi connectivity index (χ3v) is 4.60. The van der Waals surface area contributed by atoms with Crippen LogP contribution in [-0.4, -0.2) is 33.1 Å². The summed E-state index contributed by atoms with van der Waals surface area (Å²) in [6, 6.07) is 2.78. The van der Waals surface area contributed by atoms with Crippen molar-refractivity contribution in [2.24, 2.45) is 0 Å². The van der Waals surface area contributed by atoms with Gasteiger partial charge in [0.2, 0.25) is 0 Å². The highest BCUT2D eigenvalue weighted by molar-refractivity contribution is 8.13. The van der Waals surface area contributed by atoms with E-state index in [1.54, 1.807) is 0 Å². The van der Waals surface area contributed by atoms with Crippen molar-refractivity contribution in [2.75, 3.05) is 13.2 Å². The summed E-state index contributed by atoms with van der Waals surface area (Å²) >= 11 is 0. The van der Waals surface area contributed by atoms with E-state index in [4.69, 9.17) is 15.4 Å². The number of benzene rings is 1. The molecule has 0 radical (unpaired) electrons. The van der Waals surface area contributed by atoms with Crippen molar-refractivity contribution in [2.45, 2.75) is 30.2 Å². The van der Waals surface area contributed by atoms with Crippen LogP contribution in [0.5, 0.6) is 0 Å². The quantitative estimate of drug-likeness (QED) is 0.858. The zero-order valence-corrected chi connectivity index (χ0v) is 12.9. The molecule has 0 saturated carbocycles. The third-order valence-electron chi connectivity index (χ3n) is 3.27. The summed E-state index contributed by atoms with van der Waals surface area (Å²) in [7, 11) is 1.08. The Hall–Kier alpha value is -1.18.